The van der Waals surface area contributed by atoms with Gasteiger partial charge < -0.3 is 11.1 Å². The van der Waals surface area contributed by atoms with Crippen LogP contribution in [0.25, 0.3) is 0 Å². The van der Waals surface area contributed by atoms with Crippen molar-refractivity contribution in [1.29, 1.82) is 0 Å². The molecule has 3 unspecified atom stereocenters. The topological polar surface area (TPSA) is 41.3 Å². The van der Waals surface area contributed by atoms with E-state index in [0.717, 1.165) is 23.5 Å². The number of nitrogens with two attached hydrogens (primary N) is 1. The lowest BCUT2D eigenvalue weighted by Gasteiger charge is -2.43. The Morgan fingerprint density at radius 1 is 0.958 bits per heavy atom. The number of nitrogens with zero attached hydrogens (tertiary/aromatic N) is 1. The number of allylic oxidation sites excluding steroid dienone is 1. The summed E-state index contributed by atoms with van der Waals surface area (Å²) in [5.74, 6) is 0. The molecule has 2 bridgehead atoms. The Bertz CT molecular complexity index is 568. The molecule has 3 heteroatoms. The van der Waals surface area contributed by atoms with E-state index in [-0.39, 0.29) is 0 Å². The molecule has 24 heavy (non-hydrogen) atoms. The molecule has 1 aromatic rings. The lowest BCUT2D eigenvalue weighted by Crippen LogP contribution is -2.51. The van der Waals surface area contributed by atoms with Gasteiger partial charge in [-0.25, -0.2) is 0 Å². The number of para-hydroxylation sites is 2. The zero-order valence-corrected chi connectivity index (χ0v) is 14.7. The van der Waals surface area contributed by atoms with Crippen LogP contribution in [-0.2, 0) is 0 Å². The predicted octanol–water partition coefficient (Wildman–Crippen LogP) is 4.57. The first-order valence-corrected chi connectivity index (χ1v) is 9.86. The fourth-order valence-corrected chi connectivity index (χ4v) is 5.11. The van der Waals surface area contributed by atoms with E-state index < -0.39 is 0 Å². The number of anilines is 2. The summed E-state index contributed by atoms with van der Waals surface area (Å²) in [7, 11) is 0. The van der Waals surface area contributed by atoms with Crippen molar-refractivity contribution in [3.8, 4) is 0 Å². The maximum absolute atomic E-state index is 6.12. The van der Waals surface area contributed by atoms with Crippen LogP contribution in [-0.4, -0.2) is 29.1 Å². The SMILES string of the molecule is Nc1ccccc1NC1CC2CCC(C1)N2C1C=CCCCCC1. The third kappa shape index (κ3) is 3.32. The average Bonchev–Trinajstić information content (AvgIpc) is 2.81. The number of hydrogen-bond acceptors (Lipinski definition) is 3. The van der Waals surface area contributed by atoms with Crippen LogP contribution in [0.3, 0.4) is 0 Å². The summed E-state index contributed by atoms with van der Waals surface area (Å²) in [5, 5.41) is 3.73. The monoisotopic (exact) mass is 325 g/mol. The molecule has 2 aliphatic heterocycles. The number of nitrogens with one attached hydrogen (secondary N) is 1. The van der Waals surface area contributed by atoms with Gasteiger partial charge in [-0.2, -0.15) is 0 Å². The summed E-state index contributed by atoms with van der Waals surface area (Å²) in [6.07, 6.45) is 17.0. The smallest absolute Gasteiger partial charge is 0.0576 e. The third-order valence-electron chi connectivity index (χ3n) is 6.22. The molecule has 0 amide bonds. The molecule has 0 aromatic heterocycles. The van der Waals surface area contributed by atoms with Gasteiger partial charge in [0.05, 0.1) is 11.4 Å². The van der Waals surface area contributed by atoms with E-state index in [1.54, 1.807) is 0 Å². The predicted molar refractivity (Wildman–Crippen MR) is 102 cm³/mol. The summed E-state index contributed by atoms with van der Waals surface area (Å²) in [5.41, 5.74) is 8.10. The van der Waals surface area contributed by atoms with Gasteiger partial charge in [-0.05, 0) is 57.1 Å². The van der Waals surface area contributed by atoms with Gasteiger partial charge in [0, 0.05) is 24.2 Å². The maximum Gasteiger partial charge on any atom is 0.0576 e. The van der Waals surface area contributed by atoms with Crippen molar-refractivity contribution in [3.63, 3.8) is 0 Å². The molecule has 3 aliphatic rings. The maximum atomic E-state index is 6.12. The fourth-order valence-electron chi connectivity index (χ4n) is 5.11. The second kappa shape index (κ2) is 7.18. The van der Waals surface area contributed by atoms with Crippen LogP contribution in [0.1, 0.15) is 57.8 Å². The zero-order chi connectivity index (χ0) is 16.4. The van der Waals surface area contributed by atoms with Gasteiger partial charge in [0.25, 0.3) is 0 Å². The second-order valence-corrected chi connectivity index (χ2v) is 7.87. The van der Waals surface area contributed by atoms with Crippen molar-refractivity contribution >= 4 is 11.4 Å². The molecule has 0 radical (unpaired) electrons. The van der Waals surface area contributed by atoms with Crippen LogP contribution < -0.4 is 11.1 Å². The van der Waals surface area contributed by atoms with Gasteiger partial charge >= 0.3 is 0 Å². The Hall–Kier alpha value is -1.48. The summed E-state index contributed by atoms with van der Waals surface area (Å²) in [6.45, 7) is 0. The zero-order valence-electron chi connectivity index (χ0n) is 14.7. The van der Waals surface area contributed by atoms with Gasteiger partial charge in [-0.1, -0.05) is 37.1 Å². The fraction of sp³-hybridized carbons (Fsp3) is 0.619. The number of nitrogen functional groups attached to an aromatic ring is 1. The molecule has 1 aliphatic carbocycles. The van der Waals surface area contributed by atoms with Crippen LogP contribution in [0.2, 0.25) is 0 Å². The Balaban J connectivity index is 1.43. The van der Waals surface area contributed by atoms with E-state index in [1.165, 1.54) is 57.8 Å². The summed E-state index contributed by atoms with van der Waals surface area (Å²) >= 11 is 0. The van der Waals surface area contributed by atoms with Crippen LogP contribution in [0.15, 0.2) is 36.4 Å². The largest absolute Gasteiger partial charge is 0.397 e. The minimum atomic E-state index is 0.570. The number of piperidine rings is 1. The van der Waals surface area contributed by atoms with E-state index >= 15 is 0 Å². The van der Waals surface area contributed by atoms with Crippen molar-refractivity contribution in [2.24, 2.45) is 0 Å². The first-order valence-electron chi connectivity index (χ1n) is 9.86. The molecule has 1 aromatic carbocycles. The van der Waals surface area contributed by atoms with E-state index in [9.17, 15) is 0 Å². The standard InChI is InChI=1S/C21H31N3/c22-20-10-6-7-11-21(20)23-16-14-18-12-13-19(15-16)24(18)17-8-4-2-1-3-5-9-17/h4,6-8,10-11,16-19,23H,1-3,5,9,12-15,22H2. The van der Waals surface area contributed by atoms with Gasteiger partial charge in [-0.15, -0.1) is 0 Å². The molecule has 2 heterocycles. The van der Waals surface area contributed by atoms with Crippen LogP contribution in [0.5, 0.6) is 0 Å². The van der Waals surface area contributed by atoms with Crippen LogP contribution >= 0.6 is 0 Å². The lowest BCUT2D eigenvalue weighted by molar-refractivity contribution is 0.0958. The number of fused-ring (bicyclic) bond motifs is 2. The number of rotatable bonds is 3. The van der Waals surface area contributed by atoms with Crippen molar-refractivity contribution in [1.82, 2.24) is 4.90 Å². The molecule has 4 rings (SSSR count). The molecule has 2 fully saturated rings. The molecule has 2 saturated heterocycles. The highest BCUT2D eigenvalue weighted by atomic mass is 15.3. The van der Waals surface area contributed by atoms with Gasteiger partial charge in [0.2, 0.25) is 0 Å². The van der Waals surface area contributed by atoms with Crippen molar-refractivity contribution in [2.45, 2.75) is 82.0 Å². The molecule has 0 spiro atoms. The summed E-state index contributed by atoms with van der Waals surface area (Å²) in [4.78, 5) is 2.87. The highest BCUT2D eigenvalue weighted by molar-refractivity contribution is 5.66. The Labute approximate surface area is 146 Å². The van der Waals surface area contributed by atoms with Crippen molar-refractivity contribution < 1.29 is 0 Å². The summed E-state index contributed by atoms with van der Waals surface area (Å²) in [6, 6.07) is 10.9. The van der Waals surface area contributed by atoms with Gasteiger partial charge in [0.1, 0.15) is 0 Å². The first kappa shape index (κ1) is 16.0. The van der Waals surface area contributed by atoms with Crippen molar-refractivity contribution in [2.75, 3.05) is 11.1 Å². The lowest BCUT2D eigenvalue weighted by atomic mass is 9.92. The van der Waals surface area contributed by atoms with Gasteiger partial charge in [-0.3, -0.25) is 4.90 Å². The number of hydrogen-bond donors (Lipinski definition) is 2. The minimum absolute atomic E-state index is 0.570. The second-order valence-electron chi connectivity index (χ2n) is 7.87. The van der Waals surface area contributed by atoms with E-state index in [1.807, 2.05) is 12.1 Å². The average molecular weight is 326 g/mol. The van der Waals surface area contributed by atoms with Crippen LogP contribution in [0, 0.1) is 0 Å². The highest BCUT2D eigenvalue weighted by Crippen LogP contribution is 2.40. The molecule has 3 atom stereocenters. The Morgan fingerprint density at radius 2 is 1.75 bits per heavy atom. The van der Waals surface area contributed by atoms with Crippen LogP contribution in [0.4, 0.5) is 11.4 Å². The highest BCUT2D eigenvalue weighted by Gasteiger charge is 2.43. The third-order valence-corrected chi connectivity index (χ3v) is 6.22. The van der Waals surface area contributed by atoms with E-state index in [0.29, 0.717) is 12.1 Å². The first-order chi connectivity index (χ1) is 11.8. The minimum Gasteiger partial charge on any atom is -0.397 e. The molecule has 0 saturated carbocycles. The molecule has 3 nitrogen and oxygen atoms in total. The van der Waals surface area contributed by atoms with Crippen molar-refractivity contribution in [3.05, 3.63) is 36.4 Å². The van der Waals surface area contributed by atoms with Gasteiger partial charge in [0.15, 0.2) is 0 Å². The molecular formula is C21H31N3. The quantitative estimate of drug-likeness (QED) is 0.632. The normalized spacial score (nSPS) is 33.8. The summed E-state index contributed by atoms with van der Waals surface area (Å²) < 4.78 is 0. The molecule has 3 N–H and O–H groups in total. The Morgan fingerprint density at radius 3 is 2.54 bits per heavy atom. The Kier molecular flexibility index (Phi) is 4.79. The van der Waals surface area contributed by atoms with E-state index in [4.69, 9.17) is 5.73 Å². The molecular weight excluding hydrogens is 294 g/mol. The molecule has 130 valence electrons. The van der Waals surface area contributed by atoms with E-state index in [2.05, 4.69) is 34.5 Å². The number of benzene rings is 1.